The number of amides is 2. The summed E-state index contributed by atoms with van der Waals surface area (Å²) in [5.74, 6) is 0.192. The van der Waals surface area contributed by atoms with Gasteiger partial charge in [0.05, 0.1) is 0 Å². The SMILES string of the molecule is COc1nc(C)nc(NC(=O)NS(=O)(=O)c2cccc([SeH])c2C)n1. The molecular formula is C13H15N5O4SSe. The summed E-state index contributed by atoms with van der Waals surface area (Å²) < 4.78 is 32.2. The van der Waals surface area contributed by atoms with Crippen molar-refractivity contribution >= 4 is 42.5 Å². The maximum atomic E-state index is 12.3. The first-order valence-corrected chi connectivity index (χ1v) is 9.04. The number of benzene rings is 1. The van der Waals surface area contributed by atoms with Crippen LogP contribution in [0.25, 0.3) is 0 Å². The van der Waals surface area contributed by atoms with Crippen molar-refractivity contribution in [3.63, 3.8) is 0 Å². The fraction of sp³-hybridized carbons (Fsp3) is 0.231. The van der Waals surface area contributed by atoms with Crippen molar-refractivity contribution in [2.75, 3.05) is 12.4 Å². The topological polar surface area (TPSA) is 123 Å². The first-order chi connectivity index (χ1) is 11.2. The molecule has 0 spiro atoms. The second kappa shape index (κ2) is 7.12. The van der Waals surface area contributed by atoms with Crippen LogP contribution in [-0.2, 0) is 10.0 Å². The number of methoxy groups -OCH3 is 1. The van der Waals surface area contributed by atoms with Gasteiger partial charge in [0.2, 0.25) is 0 Å². The number of rotatable bonds is 4. The van der Waals surface area contributed by atoms with Gasteiger partial charge in [-0.05, 0) is 0 Å². The van der Waals surface area contributed by atoms with E-state index < -0.39 is 16.1 Å². The number of hydrogen-bond donors (Lipinski definition) is 2. The van der Waals surface area contributed by atoms with Gasteiger partial charge in [0, 0.05) is 0 Å². The molecule has 0 unspecified atom stereocenters. The zero-order valence-electron chi connectivity index (χ0n) is 13.1. The van der Waals surface area contributed by atoms with Crippen LogP contribution in [0.3, 0.4) is 0 Å². The van der Waals surface area contributed by atoms with Gasteiger partial charge in [0.1, 0.15) is 0 Å². The van der Waals surface area contributed by atoms with Gasteiger partial charge in [-0.2, -0.15) is 0 Å². The molecule has 0 bridgehead atoms. The molecule has 128 valence electrons. The van der Waals surface area contributed by atoms with E-state index in [9.17, 15) is 13.2 Å². The van der Waals surface area contributed by atoms with Gasteiger partial charge in [-0.25, -0.2) is 0 Å². The van der Waals surface area contributed by atoms with E-state index >= 15 is 0 Å². The molecule has 1 aromatic heterocycles. The molecule has 1 heterocycles. The van der Waals surface area contributed by atoms with Crippen LogP contribution in [0.5, 0.6) is 6.01 Å². The molecule has 0 radical (unpaired) electrons. The summed E-state index contributed by atoms with van der Waals surface area (Å²) in [5.41, 5.74) is 0.537. The van der Waals surface area contributed by atoms with Gasteiger partial charge in [-0.3, -0.25) is 0 Å². The first-order valence-electron chi connectivity index (χ1n) is 6.62. The first kappa shape index (κ1) is 18.1. The third-order valence-corrected chi connectivity index (χ3v) is 5.40. The summed E-state index contributed by atoms with van der Waals surface area (Å²) in [6, 6.07) is 3.78. The summed E-state index contributed by atoms with van der Waals surface area (Å²) in [6.45, 7) is 3.23. The standard InChI is InChI=1S/C13H15N5O4SSe/c1-7-9(5-4-6-10(7)24)23(20,21)18-12(19)16-11-14-8(2)15-13(17-11)22-3/h4-6,24H,1-3H3,(H2,14,15,16,17,18,19). The number of nitrogens with one attached hydrogen (secondary N) is 2. The molecule has 9 nitrogen and oxygen atoms in total. The number of carbonyl (C=O) groups is 1. The van der Waals surface area contributed by atoms with Crippen LogP contribution >= 0.6 is 0 Å². The third kappa shape index (κ3) is 4.19. The average Bonchev–Trinajstić information content (AvgIpc) is 2.48. The number of nitrogens with zero attached hydrogens (tertiary/aromatic N) is 3. The number of sulfonamides is 1. The molecule has 11 heteroatoms. The summed E-state index contributed by atoms with van der Waals surface area (Å²) in [6.07, 6.45) is 0. The number of ether oxygens (including phenoxy) is 1. The molecule has 2 rings (SSSR count). The summed E-state index contributed by atoms with van der Waals surface area (Å²) in [7, 11) is -2.67. The monoisotopic (exact) mass is 417 g/mol. The number of carbonyl (C=O) groups excluding carboxylic acids is 1. The molecule has 24 heavy (non-hydrogen) atoms. The zero-order chi connectivity index (χ0) is 17.9. The second-order valence-electron chi connectivity index (χ2n) is 4.65. The molecule has 2 N–H and O–H groups in total. The maximum absolute atomic E-state index is 12.3. The van der Waals surface area contributed by atoms with Crippen molar-refractivity contribution in [1.29, 1.82) is 0 Å². The fourth-order valence-corrected chi connectivity index (χ4v) is 3.58. The number of aryl methyl sites for hydroxylation is 1. The van der Waals surface area contributed by atoms with Crippen molar-refractivity contribution < 1.29 is 17.9 Å². The van der Waals surface area contributed by atoms with Gasteiger partial charge in [-0.15, -0.1) is 0 Å². The molecule has 0 fully saturated rings. The molecule has 0 saturated carbocycles. The predicted molar refractivity (Wildman–Crippen MR) is 88.4 cm³/mol. The molecule has 0 aliphatic rings. The van der Waals surface area contributed by atoms with E-state index in [1.54, 1.807) is 26.0 Å². The van der Waals surface area contributed by atoms with Crippen molar-refractivity contribution in [3.8, 4) is 6.01 Å². The van der Waals surface area contributed by atoms with Crippen LogP contribution < -0.4 is 19.2 Å². The van der Waals surface area contributed by atoms with Crippen LogP contribution in [-0.4, -0.2) is 52.5 Å². The van der Waals surface area contributed by atoms with Crippen molar-refractivity contribution in [2.45, 2.75) is 18.7 Å². The van der Waals surface area contributed by atoms with E-state index in [1.807, 2.05) is 4.72 Å². The van der Waals surface area contributed by atoms with E-state index in [1.165, 1.54) is 13.2 Å². The molecule has 2 amide bonds. The van der Waals surface area contributed by atoms with Gasteiger partial charge < -0.3 is 0 Å². The molecule has 0 saturated heterocycles. The van der Waals surface area contributed by atoms with E-state index in [0.717, 1.165) is 4.46 Å². The Hall–Kier alpha value is -2.23. The Morgan fingerprint density at radius 3 is 2.58 bits per heavy atom. The van der Waals surface area contributed by atoms with Crippen molar-refractivity contribution in [2.24, 2.45) is 0 Å². The van der Waals surface area contributed by atoms with Crippen LogP contribution in [0.4, 0.5) is 10.7 Å². The number of aromatic nitrogens is 3. The predicted octanol–water partition coefficient (Wildman–Crippen LogP) is -0.466. The number of urea groups is 1. The summed E-state index contributed by atoms with van der Waals surface area (Å²) in [5, 5.41) is 2.24. The Morgan fingerprint density at radius 2 is 1.92 bits per heavy atom. The van der Waals surface area contributed by atoms with Crippen LogP contribution in [0.2, 0.25) is 0 Å². The molecule has 0 aliphatic heterocycles. The average molecular weight is 416 g/mol. The van der Waals surface area contributed by atoms with E-state index in [-0.39, 0.29) is 16.9 Å². The second-order valence-corrected chi connectivity index (χ2v) is 7.31. The van der Waals surface area contributed by atoms with E-state index in [0.29, 0.717) is 11.4 Å². The summed E-state index contributed by atoms with van der Waals surface area (Å²) >= 11 is 2.27. The summed E-state index contributed by atoms with van der Waals surface area (Å²) in [4.78, 5) is 23.5. The van der Waals surface area contributed by atoms with E-state index in [2.05, 4.69) is 36.3 Å². The normalized spacial score (nSPS) is 11.0. The third-order valence-electron chi connectivity index (χ3n) is 2.91. The Balaban J connectivity index is 2.20. The van der Waals surface area contributed by atoms with Gasteiger partial charge in [0.25, 0.3) is 0 Å². The molecular weight excluding hydrogens is 401 g/mol. The van der Waals surface area contributed by atoms with Crippen LogP contribution in [0.1, 0.15) is 11.4 Å². The van der Waals surface area contributed by atoms with E-state index in [4.69, 9.17) is 4.74 Å². The molecule has 2 aromatic rings. The Morgan fingerprint density at radius 1 is 1.21 bits per heavy atom. The van der Waals surface area contributed by atoms with Crippen LogP contribution in [0, 0.1) is 13.8 Å². The van der Waals surface area contributed by atoms with Gasteiger partial charge in [0.15, 0.2) is 0 Å². The number of anilines is 1. The zero-order valence-corrected chi connectivity index (χ0v) is 15.8. The van der Waals surface area contributed by atoms with Crippen molar-refractivity contribution in [3.05, 3.63) is 29.6 Å². The quantitative estimate of drug-likeness (QED) is 0.646. The minimum atomic E-state index is -4.03. The van der Waals surface area contributed by atoms with Gasteiger partial charge >= 0.3 is 147 Å². The molecule has 0 atom stereocenters. The van der Waals surface area contributed by atoms with Gasteiger partial charge in [-0.1, -0.05) is 0 Å². The molecule has 0 aliphatic carbocycles. The molecule has 1 aromatic carbocycles. The van der Waals surface area contributed by atoms with Crippen LogP contribution in [0.15, 0.2) is 23.1 Å². The Bertz CT molecular complexity index is 888. The fourth-order valence-electron chi connectivity index (χ4n) is 1.80. The number of hydrogen-bond acceptors (Lipinski definition) is 7. The Kier molecular flexibility index (Phi) is 5.37. The minimum absolute atomic E-state index is 0.00737. The Labute approximate surface area is 147 Å². The van der Waals surface area contributed by atoms with Crippen molar-refractivity contribution in [1.82, 2.24) is 19.7 Å².